The summed E-state index contributed by atoms with van der Waals surface area (Å²) in [6.45, 7) is -1.61. The first kappa shape index (κ1) is 30.6. The lowest BCUT2D eigenvalue weighted by molar-refractivity contribution is -0.0587. The molecule has 25 heteroatoms. The molecule has 4 aromatic rings. The summed E-state index contributed by atoms with van der Waals surface area (Å²) in [6.07, 6.45) is -5.68. The van der Waals surface area contributed by atoms with E-state index in [1.165, 1.54) is 22.6 Å². The average molecular weight is 686 g/mol. The summed E-state index contributed by atoms with van der Waals surface area (Å²) in [5, 5.41) is 11.2. The van der Waals surface area contributed by atoms with E-state index in [1.54, 1.807) is 0 Å². The molecule has 246 valence electrons. The number of phosphoric acid groups is 2. The number of nitrogens with two attached hydrogens (primary N) is 2. The fourth-order valence-corrected chi connectivity index (χ4v) is 7.05. The molecule has 4 aromatic heterocycles. The lowest BCUT2D eigenvalue weighted by Gasteiger charge is -2.26. The first-order valence-electron chi connectivity index (χ1n) is 13.1. The van der Waals surface area contributed by atoms with Crippen LogP contribution in [0.2, 0.25) is 0 Å². The molecule has 2 bridgehead atoms. The van der Waals surface area contributed by atoms with Crippen molar-refractivity contribution in [2.75, 3.05) is 31.8 Å². The lowest BCUT2D eigenvalue weighted by Crippen LogP contribution is -2.36. The first-order chi connectivity index (χ1) is 21.9. The van der Waals surface area contributed by atoms with Gasteiger partial charge in [0, 0.05) is 0 Å². The molecule has 7 rings (SSSR count). The minimum absolute atomic E-state index is 0.0413. The van der Waals surface area contributed by atoms with Crippen molar-refractivity contribution in [1.29, 1.82) is 0 Å². The van der Waals surface area contributed by atoms with Crippen molar-refractivity contribution in [3.05, 3.63) is 40.9 Å². The molecule has 0 amide bonds. The number of ether oxygens (including phenoxy) is 3. The third kappa shape index (κ3) is 5.21. The first-order valence-corrected chi connectivity index (χ1v) is 16.1. The highest BCUT2D eigenvalue weighted by Gasteiger charge is 2.52. The Kier molecular flexibility index (Phi) is 7.36. The van der Waals surface area contributed by atoms with Crippen LogP contribution in [0.15, 0.2) is 35.3 Å². The summed E-state index contributed by atoms with van der Waals surface area (Å²) in [5.74, 6) is -0.735. The molecule has 3 aliphatic heterocycles. The second kappa shape index (κ2) is 11.1. The van der Waals surface area contributed by atoms with E-state index in [4.69, 9.17) is 43.8 Å². The fourth-order valence-electron chi connectivity index (χ4n) is 5.26. The third-order valence-electron chi connectivity index (χ3n) is 7.23. The Morgan fingerprint density at radius 1 is 1.00 bits per heavy atom. The Balaban J connectivity index is 1.23. The van der Waals surface area contributed by atoms with E-state index in [0.717, 1.165) is 12.7 Å². The summed E-state index contributed by atoms with van der Waals surface area (Å²) in [5.41, 5.74) is 11.0. The number of rotatable bonds is 3. The van der Waals surface area contributed by atoms with Crippen molar-refractivity contribution in [2.45, 2.75) is 36.9 Å². The number of imidazole rings is 2. The fraction of sp³-hybridized carbons (Fsp3) is 0.429. The van der Waals surface area contributed by atoms with E-state index in [2.05, 4.69) is 29.9 Å². The van der Waals surface area contributed by atoms with Gasteiger partial charge in [0.1, 0.15) is 43.1 Å². The number of aliphatic hydroxyl groups is 1. The Labute approximate surface area is 254 Å². The van der Waals surface area contributed by atoms with Crippen LogP contribution in [0.4, 0.5) is 11.8 Å². The number of nitrogen functional groups attached to an aromatic ring is 2. The zero-order chi connectivity index (χ0) is 32.5. The normalized spacial score (nSPS) is 33.7. The van der Waals surface area contributed by atoms with E-state index >= 15 is 0 Å². The smallest absolute Gasteiger partial charge is 0.473 e. The van der Waals surface area contributed by atoms with Gasteiger partial charge >= 0.3 is 15.6 Å². The molecule has 46 heavy (non-hydrogen) atoms. The summed E-state index contributed by atoms with van der Waals surface area (Å²) in [6, 6.07) is 0. The maximum atomic E-state index is 13.3. The van der Waals surface area contributed by atoms with Gasteiger partial charge in [-0.15, -0.1) is 0 Å². The molecule has 0 saturated carbocycles. The van der Waals surface area contributed by atoms with E-state index in [0.29, 0.717) is 0 Å². The number of hydrogen-bond acceptors (Lipinski definition) is 18. The van der Waals surface area contributed by atoms with Crippen molar-refractivity contribution in [3.63, 3.8) is 0 Å². The maximum absolute atomic E-state index is 13.3. The highest BCUT2D eigenvalue weighted by Crippen LogP contribution is 2.54. The van der Waals surface area contributed by atoms with Gasteiger partial charge in [-0.1, -0.05) is 0 Å². The topological polar surface area (TPSA) is 319 Å². The molecule has 0 radical (unpaired) electrons. The Bertz CT molecular complexity index is 2030. The molecule has 5 unspecified atom stereocenters. The van der Waals surface area contributed by atoms with Gasteiger partial charge < -0.3 is 40.6 Å². The van der Waals surface area contributed by atoms with Crippen LogP contribution in [0.3, 0.4) is 0 Å². The number of fused-ring (bicyclic) bond motifs is 4. The zero-order valence-corrected chi connectivity index (χ0v) is 25.0. The molecular weight excluding hydrogens is 662 g/mol. The van der Waals surface area contributed by atoms with E-state index in [-0.39, 0.29) is 45.6 Å². The quantitative estimate of drug-likeness (QED) is 0.138. The van der Waals surface area contributed by atoms with Gasteiger partial charge in [-0.2, -0.15) is 4.98 Å². The van der Waals surface area contributed by atoms with Crippen LogP contribution in [0.5, 0.6) is 0 Å². The molecule has 7 heterocycles. The number of nitrogens with zero attached hydrogens (tertiary/aromatic N) is 7. The standard InChI is InChI=1S/C21H24N10O13P2/c1-38-13-8-3-40-45(34,35)43-12-7(41-19(11(12)32)30-5-26-9-15(22)24-4-25-16(9)30)2-39-46(36,37)44-14(13)20(42-8)31-6-27-10-17(31)28-21(23)29-18(10)33/h4-7,11-12,14,19-20,32H,2-3H2,1H3,(H,34,35)(H,36,37)(H2,22,24,25)(H3,23,28,29,33)/t7-,11?,12?,14?,19-,20-/m1/s1. The molecule has 1 fully saturated rings. The molecule has 0 aliphatic carbocycles. The van der Waals surface area contributed by atoms with Crippen LogP contribution < -0.4 is 17.0 Å². The molecule has 0 spiro atoms. The number of methoxy groups -OCH3 is 1. The van der Waals surface area contributed by atoms with Crippen LogP contribution in [-0.2, 0) is 41.4 Å². The Hall–Kier alpha value is -4.02. The number of aromatic amines is 1. The van der Waals surface area contributed by atoms with Gasteiger partial charge in [0.05, 0.1) is 20.0 Å². The average Bonchev–Trinajstić information content (AvgIpc) is 3.75. The monoisotopic (exact) mass is 686 g/mol. The number of phosphoric ester groups is 2. The lowest BCUT2D eigenvalue weighted by atomic mass is 10.1. The number of H-pyrrole nitrogens is 1. The van der Waals surface area contributed by atoms with Gasteiger partial charge in [-0.3, -0.25) is 37.0 Å². The molecule has 8 N–H and O–H groups in total. The SMILES string of the molecule is COC1=C2COP(=O)(O)OC3C(O)[C@H](n4cnc5c(N)ncnc54)O[C@@H]3COP(=O)(O)OC1[C@H](n1cnc3c(=O)[nH]c(N)nc31)O2. The van der Waals surface area contributed by atoms with Crippen molar-refractivity contribution < 1.29 is 56.3 Å². The number of nitrogens with one attached hydrogen (secondary N) is 1. The van der Waals surface area contributed by atoms with Crippen LogP contribution >= 0.6 is 15.6 Å². The minimum Gasteiger partial charge on any atom is -0.494 e. The minimum atomic E-state index is -5.08. The van der Waals surface area contributed by atoms with Crippen molar-refractivity contribution in [2.24, 2.45) is 0 Å². The van der Waals surface area contributed by atoms with Crippen LogP contribution in [-0.4, -0.2) is 98.7 Å². The zero-order valence-electron chi connectivity index (χ0n) is 23.2. The highest BCUT2D eigenvalue weighted by molar-refractivity contribution is 7.47. The third-order valence-corrected chi connectivity index (χ3v) is 9.17. The largest absolute Gasteiger partial charge is 0.494 e. The molecule has 0 aromatic carbocycles. The van der Waals surface area contributed by atoms with Gasteiger partial charge in [0.25, 0.3) is 5.56 Å². The number of aromatic nitrogens is 8. The number of hydrogen-bond donors (Lipinski definition) is 6. The highest BCUT2D eigenvalue weighted by atomic mass is 31.2. The van der Waals surface area contributed by atoms with Gasteiger partial charge in [-0.25, -0.2) is 29.1 Å². The van der Waals surface area contributed by atoms with E-state index in [9.17, 15) is 28.8 Å². The number of aliphatic hydroxyl groups excluding tert-OH is 1. The summed E-state index contributed by atoms with van der Waals surface area (Å²) in [4.78, 5) is 56.2. The second-order valence-electron chi connectivity index (χ2n) is 10.0. The predicted molar refractivity (Wildman–Crippen MR) is 148 cm³/mol. The Morgan fingerprint density at radius 2 is 1.72 bits per heavy atom. The summed E-state index contributed by atoms with van der Waals surface area (Å²) in [7, 11) is -8.96. The van der Waals surface area contributed by atoms with Gasteiger partial charge in [0.15, 0.2) is 46.5 Å². The van der Waals surface area contributed by atoms with Crippen molar-refractivity contribution >= 4 is 49.7 Å². The second-order valence-corrected chi connectivity index (χ2v) is 12.8. The van der Waals surface area contributed by atoms with Crippen LogP contribution in [0.1, 0.15) is 12.5 Å². The molecule has 23 nitrogen and oxygen atoms in total. The van der Waals surface area contributed by atoms with Crippen molar-refractivity contribution in [1.82, 2.24) is 39.0 Å². The van der Waals surface area contributed by atoms with E-state index in [1.807, 2.05) is 0 Å². The summed E-state index contributed by atoms with van der Waals surface area (Å²) >= 11 is 0. The predicted octanol–water partition coefficient (Wildman–Crippen LogP) is -1.21. The Morgan fingerprint density at radius 3 is 2.48 bits per heavy atom. The number of anilines is 2. The molecule has 3 aliphatic rings. The molecule has 1 saturated heterocycles. The molecular formula is C21H24N10O13P2. The van der Waals surface area contributed by atoms with Crippen LogP contribution in [0, 0.1) is 0 Å². The van der Waals surface area contributed by atoms with Gasteiger partial charge in [0.2, 0.25) is 12.2 Å². The maximum Gasteiger partial charge on any atom is 0.473 e. The summed E-state index contributed by atoms with van der Waals surface area (Å²) < 4.78 is 67.2. The van der Waals surface area contributed by atoms with Gasteiger partial charge in [-0.05, 0) is 0 Å². The van der Waals surface area contributed by atoms with Crippen LogP contribution in [0.25, 0.3) is 22.3 Å². The van der Waals surface area contributed by atoms with E-state index < -0.39 is 71.3 Å². The molecule has 8 atom stereocenters. The van der Waals surface area contributed by atoms with Crippen molar-refractivity contribution in [3.8, 4) is 0 Å².